The van der Waals surface area contributed by atoms with E-state index in [0.717, 1.165) is 5.69 Å². The van der Waals surface area contributed by atoms with Crippen LogP contribution < -0.4 is 10.6 Å². The molecule has 3 N–H and O–H groups in total. The van der Waals surface area contributed by atoms with E-state index in [-0.39, 0.29) is 18.5 Å². The fourth-order valence-corrected chi connectivity index (χ4v) is 2.49. The van der Waals surface area contributed by atoms with Gasteiger partial charge in [-0.2, -0.15) is 0 Å². The molecule has 1 unspecified atom stereocenters. The lowest BCUT2D eigenvalue weighted by molar-refractivity contribution is 0.214. The van der Waals surface area contributed by atoms with Gasteiger partial charge >= 0.3 is 6.03 Å². The maximum Gasteiger partial charge on any atom is 0.320 e. The summed E-state index contributed by atoms with van der Waals surface area (Å²) in [6.45, 7) is 5.73. The van der Waals surface area contributed by atoms with Gasteiger partial charge in [0.1, 0.15) is 5.82 Å². The highest BCUT2D eigenvalue weighted by atomic mass is 19.1. The molecule has 0 bridgehead atoms. The molecule has 0 aliphatic heterocycles. The highest BCUT2D eigenvalue weighted by Crippen LogP contribution is 2.16. The summed E-state index contributed by atoms with van der Waals surface area (Å²) < 4.78 is 14.9. The van der Waals surface area contributed by atoms with Crippen molar-refractivity contribution in [1.82, 2.24) is 15.1 Å². The van der Waals surface area contributed by atoms with Crippen molar-refractivity contribution in [2.75, 3.05) is 11.9 Å². The Kier molecular flexibility index (Phi) is 5.92. The van der Waals surface area contributed by atoms with Crippen LogP contribution in [-0.4, -0.2) is 33.6 Å². The molecule has 0 aliphatic rings. The summed E-state index contributed by atoms with van der Waals surface area (Å²) in [5.41, 5.74) is 1.34. The molecule has 24 heavy (non-hydrogen) atoms. The molecule has 1 aromatic heterocycles. The first-order valence-electron chi connectivity index (χ1n) is 7.90. The van der Waals surface area contributed by atoms with E-state index in [4.69, 9.17) is 0 Å². The third kappa shape index (κ3) is 4.79. The van der Waals surface area contributed by atoms with E-state index < -0.39 is 6.03 Å². The van der Waals surface area contributed by atoms with Crippen molar-refractivity contribution >= 4 is 11.8 Å². The molecule has 1 aromatic carbocycles. The van der Waals surface area contributed by atoms with Crippen LogP contribution in [-0.2, 0) is 0 Å². The van der Waals surface area contributed by atoms with E-state index >= 15 is 0 Å². The van der Waals surface area contributed by atoms with Gasteiger partial charge in [0.2, 0.25) is 0 Å². The number of urea groups is 1. The predicted octanol–water partition coefficient (Wildman–Crippen LogP) is 2.85. The van der Waals surface area contributed by atoms with Gasteiger partial charge in [0, 0.05) is 11.8 Å². The van der Waals surface area contributed by atoms with Crippen molar-refractivity contribution < 1.29 is 14.3 Å². The van der Waals surface area contributed by atoms with Crippen LogP contribution in [0.15, 0.2) is 30.3 Å². The Balaban J connectivity index is 2.06. The molecule has 7 heteroatoms. The number of nitrogens with one attached hydrogen (secondary N) is 2. The fraction of sp³-hybridized carbons (Fsp3) is 0.412. The molecule has 0 saturated carbocycles. The van der Waals surface area contributed by atoms with Gasteiger partial charge in [0.15, 0.2) is 5.82 Å². The number of benzene rings is 1. The molecule has 6 nitrogen and oxygen atoms in total. The van der Waals surface area contributed by atoms with Crippen molar-refractivity contribution in [2.45, 2.75) is 33.2 Å². The van der Waals surface area contributed by atoms with Gasteiger partial charge in [-0.3, -0.25) is 5.32 Å². The van der Waals surface area contributed by atoms with Gasteiger partial charge in [-0.25, -0.2) is 13.9 Å². The molecule has 0 fully saturated rings. The van der Waals surface area contributed by atoms with Gasteiger partial charge in [0.25, 0.3) is 0 Å². The van der Waals surface area contributed by atoms with E-state index in [2.05, 4.69) is 15.7 Å². The zero-order valence-corrected chi connectivity index (χ0v) is 14.1. The quantitative estimate of drug-likeness (QED) is 0.760. The van der Waals surface area contributed by atoms with Gasteiger partial charge in [-0.15, -0.1) is 5.10 Å². The van der Waals surface area contributed by atoms with Crippen molar-refractivity contribution in [3.05, 3.63) is 41.8 Å². The van der Waals surface area contributed by atoms with Crippen molar-refractivity contribution in [3.8, 4) is 5.69 Å². The summed E-state index contributed by atoms with van der Waals surface area (Å²) in [6, 6.07) is 7.02. The first kappa shape index (κ1) is 17.9. The van der Waals surface area contributed by atoms with Crippen LogP contribution in [0.25, 0.3) is 5.69 Å². The number of aromatic nitrogens is 2. The van der Waals surface area contributed by atoms with Gasteiger partial charge in [-0.1, -0.05) is 19.9 Å². The summed E-state index contributed by atoms with van der Waals surface area (Å²) in [5, 5.41) is 18.9. The standard InChI is InChI=1S/C17H23FN4O2/c1-11(2)7-14(10-23)19-17(24)20-16-8-12(3)22(21-16)15-6-4-5-13(18)9-15/h4-6,8-9,11,14,23H,7,10H2,1-3H3,(H2,19,20,21,24). The number of halogens is 1. The van der Waals surface area contributed by atoms with Crippen LogP contribution in [0.4, 0.5) is 15.0 Å². The summed E-state index contributed by atoms with van der Waals surface area (Å²) in [4.78, 5) is 12.0. The number of aliphatic hydroxyl groups is 1. The molecule has 2 amide bonds. The van der Waals surface area contributed by atoms with Crippen LogP contribution in [0, 0.1) is 18.7 Å². The van der Waals surface area contributed by atoms with E-state index in [1.165, 1.54) is 12.1 Å². The van der Waals surface area contributed by atoms with Crippen LogP contribution >= 0.6 is 0 Å². The third-order valence-corrected chi connectivity index (χ3v) is 3.49. The molecular formula is C17H23FN4O2. The molecule has 0 radical (unpaired) electrons. The van der Waals surface area contributed by atoms with Gasteiger partial charge in [0.05, 0.1) is 18.3 Å². The third-order valence-electron chi connectivity index (χ3n) is 3.49. The minimum atomic E-state index is -0.432. The molecule has 1 atom stereocenters. The van der Waals surface area contributed by atoms with Crippen LogP contribution in [0.3, 0.4) is 0 Å². The Morgan fingerprint density at radius 1 is 1.38 bits per heavy atom. The van der Waals surface area contributed by atoms with Crippen molar-refractivity contribution in [1.29, 1.82) is 0 Å². The van der Waals surface area contributed by atoms with Crippen molar-refractivity contribution in [3.63, 3.8) is 0 Å². The minimum Gasteiger partial charge on any atom is -0.394 e. The van der Waals surface area contributed by atoms with Crippen molar-refractivity contribution in [2.24, 2.45) is 5.92 Å². The molecule has 0 aliphatic carbocycles. The number of nitrogens with zero attached hydrogens (tertiary/aromatic N) is 2. The normalized spacial score (nSPS) is 12.2. The molecule has 2 rings (SSSR count). The first-order chi connectivity index (χ1) is 11.4. The molecule has 0 saturated heterocycles. The van der Waals surface area contributed by atoms with E-state index in [1.807, 2.05) is 20.8 Å². The largest absolute Gasteiger partial charge is 0.394 e. The highest BCUT2D eigenvalue weighted by Gasteiger charge is 2.15. The number of carbonyl (C=O) groups excluding carboxylic acids is 1. The molecule has 0 spiro atoms. The lowest BCUT2D eigenvalue weighted by atomic mass is 10.0. The monoisotopic (exact) mass is 334 g/mol. The zero-order valence-electron chi connectivity index (χ0n) is 14.1. The Morgan fingerprint density at radius 3 is 2.75 bits per heavy atom. The minimum absolute atomic E-state index is 0.123. The second kappa shape index (κ2) is 7.92. The second-order valence-electron chi connectivity index (χ2n) is 6.17. The first-order valence-corrected chi connectivity index (χ1v) is 7.90. The molecule has 130 valence electrons. The number of carbonyl (C=O) groups is 1. The van der Waals surface area contributed by atoms with Crippen LogP contribution in [0.5, 0.6) is 0 Å². The molecule has 1 heterocycles. The summed E-state index contributed by atoms with van der Waals surface area (Å²) >= 11 is 0. The highest BCUT2D eigenvalue weighted by molar-refractivity contribution is 5.88. The average Bonchev–Trinajstić information content (AvgIpc) is 2.86. The summed E-state index contributed by atoms with van der Waals surface area (Å²) in [7, 11) is 0. The topological polar surface area (TPSA) is 79.2 Å². The Hall–Kier alpha value is -2.41. The average molecular weight is 334 g/mol. The molecule has 2 aromatic rings. The summed E-state index contributed by atoms with van der Waals surface area (Å²) in [5.74, 6) is 0.363. The number of rotatable bonds is 6. The Bertz CT molecular complexity index is 700. The SMILES string of the molecule is Cc1cc(NC(=O)NC(CO)CC(C)C)nn1-c1cccc(F)c1. The Labute approximate surface area is 140 Å². The number of aliphatic hydroxyl groups excluding tert-OH is 1. The number of aryl methyl sites for hydroxylation is 1. The van der Waals surface area contributed by atoms with Crippen LogP contribution in [0.1, 0.15) is 26.0 Å². The molecular weight excluding hydrogens is 311 g/mol. The fourth-order valence-electron chi connectivity index (χ4n) is 2.49. The maximum absolute atomic E-state index is 13.3. The smallest absolute Gasteiger partial charge is 0.320 e. The Morgan fingerprint density at radius 2 is 2.12 bits per heavy atom. The number of hydrogen-bond acceptors (Lipinski definition) is 3. The second-order valence-corrected chi connectivity index (χ2v) is 6.17. The maximum atomic E-state index is 13.3. The zero-order chi connectivity index (χ0) is 17.7. The lowest BCUT2D eigenvalue weighted by Gasteiger charge is -2.18. The van der Waals surface area contributed by atoms with E-state index in [0.29, 0.717) is 23.8 Å². The van der Waals surface area contributed by atoms with E-state index in [9.17, 15) is 14.3 Å². The lowest BCUT2D eigenvalue weighted by Crippen LogP contribution is -2.41. The summed E-state index contributed by atoms with van der Waals surface area (Å²) in [6.07, 6.45) is 0.681. The predicted molar refractivity (Wildman–Crippen MR) is 90.7 cm³/mol. The number of anilines is 1. The van der Waals surface area contributed by atoms with E-state index in [1.54, 1.807) is 22.9 Å². The number of amides is 2. The van der Waals surface area contributed by atoms with Gasteiger partial charge in [-0.05, 0) is 37.5 Å². The van der Waals surface area contributed by atoms with Gasteiger partial charge < -0.3 is 10.4 Å². The number of hydrogen-bond donors (Lipinski definition) is 3. The van der Waals surface area contributed by atoms with Crippen LogP contribution in [0.2, 0.25) is 0 Å².